The molecule has 1 atom stereocenters. The molecule has 0 aromatic carbocycles. The fourth-order valence-electron chi connectivity index (χ4n) is 3.11. The van der Waals surface area contributed by atoms with Gasteiger partial charge in [0.05, 0.1) is 11.0 Å². The Morgan fingerprint density at radius 2 is 1.57 bits per heavy atom. The minimum atomic E-state index is -0.932. The van der Waals surface area contributed by atoms with E-state index in [0.717, 1.165) is 51.6 Å². The summed E-state index contributed by atoms with van der Waals surface area (Å²) in [6.07, 6.45) is 9.08. The number of nitrogens with zero attached hydrogens (tertiary/aromatic N) is 1. The van der Waals surface area contributed by atoms with Crippen molar-refractivity contribution in [2.75, 3.05) is 26.2 Å². The van der Waals surface area contributed by atoms with Gasteiger partial charge in [-0.3, -0.25) is 9.59 Å². The van der Waals surface area contributed by atoms with Crippen LogP contribution in [0.25, 0.3) is 0 Å². The van der Waals surface area contributed by atoms with E-state index in [1.54, 1.807) is 6.08 Å². The highest BCUT2D eigenvalue weighted by atomic mass is 32.2. The molecule has 1 saturated heterocycles. The van der Waals surface area contributed by atoms with Gasteiger partial charge in [-0.1, -0.05) is 32.8 Å². The summed E-state index contributed by atoms with van der Waals surface area (Å²) < 4.78 is 14.1. The van der Waals surface area contributed by atoms with Crippen LogP contribution in [0.15, 0.2) is 12.2 Å². The highest BCUT2D eigenvalue weighted by molar-refractivity contribution is 7.83. The molecule has 0 spiro atoms. The number of allylic oxidation sites excluding steroid dienone is 1. The molecule has 162 valence electrons. The minimum Gasteiger partial charge on any atom is -0.356 e. The summed E-state index contributed by atoms with van der Waals surface area (Å²) in [5, 5.41) is 6.07. The van der Waals surface area contributed by atoms with E-state index in [-0.39, 0.29) is 23.0 Å². The average molecular weight is 414 g/mol. The van der Waals surface area contributed by atoms with Crippen LogP contribution in [-0.2, 0) is 20.6 Å². The average Bonchev–Trinajstić information content (AvgIpc) is 2.67. The molecule has 2 amide bonds. The highest BCUT2D eigenvalue weighted by Gasteiger charge is 2.27. The van der Waals surface area contributed by atoms with E-state index >= 15 is 0 Å². The van der Waals surface area contributed by atoms with Crippen molar-refractivity contribution in [3.63, 3.8) is 0 Å². The zero-order valence-corrected chi connectivity index (χ0v) is 18.9. The van der Waals surface area contributed by atoms with Crippen molar-refractivity contribution in [2.24, 2.45) is 11.8 Å². The molecule has 28 heavy (non-hydrogen) atoms. The molecule has 6 nitrogen and oxygen atoms in total. The number of piperidine rings is 1. The van der Waals surface area contributed by atoms with Crippen molar-refractivity contribution in [1.29, 1.82) is 0 Å². The van der Waals surface area contributed by atoms with E-state index in [4.69, 9.17) is 0 Å². The molecule has 1 aliphatic rings. The normalized spacial score (nSPS) is 17.4. The van der Waals surface area contributed by atoms with E-state index in [0.29, 0.717) is 19.0 Å². The van der Waals surface area contributed by atoms with Crippen LogP contribution in [0.2, 0.25) is 0 Å². The predicted molar refractivity (Wildman–Crippen MR) is 116 cm³/mol. The largest absolute Gasteiger partial charge is 0.356 e. The van der Waals surface area contributed by atoms with E-state index in [1.165, 1.54) is 0 Å². The Morgan fingerprint density at radius 1 is 1.00 bits per heavy atom. The van der Waals surface area contributed by atoms with Gasteiger partial charge in [0.1, 0.15) is 0 Å². The Bertz CT molecular complexity index is 527. The van der Waals surface area contributed by atoms with Gasteiger partial charge in [0.15, 0.2) is 0 Å². The van der Waals surface area contributed by atoms with Crippen LogP contribution in [0.3, 0.4) is 0 Å². The van der Waals surface area contributed by atoms with Crippen molar-refractivity contribution < 1.29 is 13.8 Å². The number of carbonyl (C=O) groups excluding carboxylic acids is 2. The van der Waals surface area contributed by atoms with Crippen molar-refractivity contribution in [3.05, 3.63) is 12.2 Å². The Hall–Kier alpha value is -1.21. The van der Waals surface area contributed by atoms with Crippen molar-refractivity contribution in [1.82, 2.24) is 14.9 Å². The topological polar surface area (TPSA) is 78.5 Å². The molecular formula is C21H39N3O3S. The molecule has 1 heterocycles. The molecule has 0 aliphatic carbocycles. The van der Waals surface area contributed by atoms with Crippen LogP contribution in [0, 0.1) is 11.8 Å². The number of hydrogen-bond donors (Lipinski definition) is 2. The third-order valence-corrected chi connectivity index (χ3v) is 6.50. The number of amides is 2. The molecule has 0 radical (unpaired) electrons. The van der Waals surface area contributed by atoms with Crippen LogP contribution in [0.5, 0.6) is 0 Å². The number of carbonyl (C=O) groups is 2. The summed E-state index contributed by atoms with van der Waals surface area (Å²) >= 11 is 0. The molecule has 0 bridgehead atoms. The molecule has 7 heteroatoms. The standard InChI is InChI=1S/C21H39N3O3S/c1-17(2)9-10-20(25)22-13-7-5-6-8-14-23-21(26)19-11-15-24(16-12-19)28(27)18(3)4/h9-10,17-19H,5-8,11-16H2,1-4H3,(H,22,25)(H,23,26)/b10-9+. The van der Waals surface area contributed by atoms with Gasteiger partial charge in [-0.15, -0.1) is 0 Å². The lowest BCUT2D eigenvalue weighted by Gasteiger charge is -2.31. The summed E-state index contributed by atoms with van der Waals surface area (Å²) in [5.74, 6) is 0.551. The number of rotatable bonds is 12. The first kappa shape index (κ1) is 24.8. The summed E-state index contributed by atoms with van der Waals surface area (Å²) in [6.45, 7) is 10.9. The van der Waals surface area contributed by atoms with Gasteiger partial charge in [0.25, 0.3) is 0 Å². The molecule has 0 aromatic rings. The molecule has 1 rings (SSSR count). The zero-order chi connectivity index (χ0) is 20.9. The fourth-order valence-corrected chi connectivity index (χ4v) is 4.27. The lowest BCUT2D eigenvalue weighted by atomic mass is 9.97. The number of hydrogen-bond acceptors (Lipinski definition) is 3. The molecule has 1 unspecified atom stereocenters. The van der Waals surface area contributed by atoms with E-state index < -0.39 is 11.0 Å². The quantitative estimate of drug-likeness (QED) is 0.381. The van der Waals surface area contributed by atoms with Gasteiger partial charge in [-0.2, -0.15) is 0 Å². The molecule has 2 N–H and O–H groups in total. The maximum atomic E-state index is 12.3. The fraction of sp³-hybridized carbons (Fsp3) is 0.810. The number of unbranched alkanes of at least 4 members (excludes halogenated alkanes) is 3. The summed E-state index contributed by atoms with van der Waals surface area (Å²) in [6, 6.07) is 0. The first-order chi connectivity index (χ1) is 13.3. The van der Waals surface area contributed by atoms with E-state index in [2.05, 4.69) is 10.6 Å². The molecule has 0 aromatic heterocycles. The first-order valence-electron chi connectivity index (χ1n) is 10.7. The van der Waals surface area contributed by atoms with E-state index in [9.17, 15) is 13.8 Å². The maximum absolute atomic E-state index is 12.3. The predicted octanol–water partition coefficient (Wildman–Crippen LogP) is 2.78. The number of nitrogens with one attached hydrogen (secondary N) is 2. The molecule has 0 saturated carbocycles. The lowest BCUT2D eigenvalue weighted by Crippen LogP contribution is -2.42. The Labute approximate surface area is 173 Å². The van der Waals surface area contributed by atoms with Crippen LogP contribution in [0.1, 0.15) is 66.2 Å². The molecule has 1 aliphatic heterocycles. The summed E-state index contributed by atoms with van der Waals surface area (Å²) in [7, 11) is -0.932. The van der Waals surface area contributed by atoms with Gasteiger partial charge < -0.3 is 10.6 Å². The highest BCUT2D eigenvalue weighted by Crippen LogP contribution is 2.19. The summed E-state index contributed by atoms with van der Waals surface area (Å²) in [4.78, 5) is 23.8. The van der Waals surface area contributed by atoms with Crippen LogP contribution < -0.4 is 10.6 Å². The SMILES string of the molecule is CC(C)/C=C/C(=O)NCCCCCCNC(=O)C1CCN(S(=O)C(C)C)CC1. The lowest BCUT2D eigenvalue weighted by molar-refractivity contribution is -0.126. The summed E-state index contributed by atoms with van der Waals surface area (Å²) in [5.41, 5.74) is 0. The van der Waals surface area contributed by atoms with Gasteiger partial charge in [-0.25, -0.2) is 8.51 Å². The van der Waals surface area contributed by atoms with Gasteiger partial charge >= 0.3 is 0 Å². The van der Waals surface area contributed by atoms with Gasteiger partial charge in [0.2, 0.25) is 11.8 Å². The minimum absolute atomic E-state index is 0.0239. The Morgan fingerprint density at radius 3 is 2.11 bits per heavy atom. The Balaban J connectivity index is 2.03. The van der Waals surface area contributed by atoms with Crippen LogP contribution in [-0.4, -0.2) is 51.8 Å². The second kappa shape index (κ2) is 13.9. The van der Waals surface area contributed by atoms with E-state index in [1.807, 2.05) is 38.1 Å². The molecule has 1 fully saturated rings. The van der Waals surface area contributed by atoms with Crippen molar-refractivity contribution in [2.45, 2.75) is 71.5 Å². The van der Waals surface area contributed by atoms with Gasteiger partial charge in [0, 0.05) is 37.3 Å². The van der Waals surface area contributed by atoms with Crippen LogP contribution in [0.4, 0.5) is 0 Å². The second-order valence-corrected chi connectivity index (χ2v) is 10.1. The zero-order valence-electron chi connectivity index (χ0n) is 18.0. The second-order valence-electron chi connectivity index (χ2n) is 8.13. The van der Waals surface area contributed by atoms with Crippen molar-refractivity contribution >= 4 is 22.8 Å². The smallest absolute Gasteiger partial charge is 0.243 e. The maximum Gasteiger partial charge on any atom is 0.243 e. The van der Waals surface area contributed by atoms with Gasteiger partial charge in [-0.05, 0) is 51.5 Å². The third-order valence-electron chi connectivity index (χ3n) is 4.82. The monoisotopic (exact) mass is 413 g/mol. The van der Waals surface area contributed by atoms with Crippen LogP contribution >= 0.6 is 0 Å². The first-order valence-corrected chi connectivity index (χ1v) is 11.9. The van der Waals surface area contributed by atoms with Crippen molar-refractivity contribution in [3.8, 4) is 0 Å². The Kier molecular flexibility index (Phi) is 12.3. The third kappa shape index (κ3) is 10.4. The molecular weight excluding hydrogens is 374 g/mol.